The van der Waals surface area contributed by atoms with Crippen molar-refractivity contribution < 1.29 is 4.74 Å². The molecule has 2 nitrogen and oxygen atoms in total. The molecule has 0 atom stereocenters. The maximum atomic E-state index is 11.4. The minimum absolute atomic E-state index is 0.103. The van der Waals surface area contributed by atoms with Gasteiger partial charge in [-0.15, -0.1) is 6.42 Å². The SMILES string of the molecule is C#CCOc1ccccc(Br)c1=O. The van der Waals surface area contributed by atoms with Crippen LogP contribution >= 0.6 is 15.9 Å². The highest BCUT2D eigenvalue weighted by Gasteiger charge is 2.00. The quantitative estimate of drug-likeness (QED) is 0.736. The van der Waals surface area contributed by atoms with Crippen molar-refractivity contribution in [3.63, 3.8) is 0 Å². The molecule has 0 saturated heterocycles. The molecule has 0 amide bonds. The average Bonchev–Trinajstić information content (AvgIpc) is 2.28. The Bertz CT molecular complexity index is 393. The average molecular weight is 239 g/mol. The Balaban J connectivity index is 3.11. The zero-order valence-corrected chi connectivity index (χ0v) is 8.37. The van der Waals surface area contributed by atoms with E-state index in [0.717, 1.165) is 0 Å². The molecular formula is C10H7BrO2. The van der Waals surface area contributed by atoms with E-state index in [1.54, 1.807) is 24.3 Å². The minimum Gasteiger partial charge on any atom is -0.477 e. The smallest absolute Gasteiger partial charge is 0.234 e. The Hall–Kier alpha value is -1.27. The highest BCUT2D eigenvalue weighted by atomic mass is 79.9. The lowest BCUT2D eigenvalue weighted by atomic mass is 10.4. The van der Waals surface area contributed by atoms with E-state index in [1.165, 1.54) is 0 Å². The van der Waals surface area contributed by atoms with Crippen LogP contribution in [-0.2, 0) is 0 Å². The van der Waals surface area contributed by atoms with Crippen LogP contribution in [0.3, 0.4) is 0 Å². The molecule has 0 bridgehead atoms. The molecule has 0 radical (unpaired) electrons. The summed E-state index contributed by atoms with van der Waals surface area (Å²) >= 11 is 3.12. The van der Waals surface area contributed by atoms with Gasteiger partial charge in [0.2, 0.25) is 5.43 Å². The van der Waals surface area contributed by atoms with E-state index in [2.05, 4.69) is 21.9 Å². The zero-order valence-electron chi connectivity index (χ0n) is 6.79. The number of rotatable bonds is 2. The molecule has 0 aliphatic heterocycles. The van der Waals surface area contributed by atoms with Gasteiger partial charge in [0.15, 0.2) is 5.75 Å². The summed E-state index contributed by atoms with van der Waals surface area (Å²) in [6.07, 6.45) is 5.01. The van der Waals surface area contributed by atoms with E-state index in [1.807, 2.05) is 0 Å². The van der Waals surface area contributed by atoms with E-state index in [4.69, 9.17) is 11.2 Å². The third-order valence-corrected chi connectivity index (χ3v) is 1.98. The van der Waals surface area contributed by atoms with Crippen molar-refractivity contribution in [2.24, 2.45) is 0 Å². The minimum atomic E-state index is -0.194. The number of halogens is 1. The van der Waals surface area contributed by atoms with Crippen molar-refractivity contribution >= 4 is 15.9 Å². The van der Waals surface area contributed by atoms with Crippen LogP contribution in [0, 0.1) is 12.3 Å². The van der Waals surface area contributed by atoms with E-state index in [9.17, 15) is 4.79 Å². The molecule has 0 aliphatic carbocycles. The van der Waals surface area contributed by atoms with Gasteiger partial charge in [-0.05, 0) is 28.1 Å². The molecule has 0 unspecified atom stereocenters. The van der Waals surface area contributed by atoms with Crippen LogP contribution in [0.4, 0.5) is 0 Å². The van der Waals surface area contributed by atoms with Crippen LogP contribution in [-0.4, -0.2) is 6.61 Å². The second-order valence-electron chi connectivity index (χ2n) is 2.25. The second kappa shape index (κ2) is 4.68. The second-order valence-corrected chi connectivity index (χ2v) is 3.11. The van der Waals surface area contributed by atoms with Crippen LogP contribution in [0.5, 0.6) is 5.75 Å². The van der Waals surface area contributed by atoms with Crippen LogP contribution < -0.4 is 10.2 Å². The lowest BCUT2D eigenvalue weighted by Gasteiger charge is -1.96. The Morgan fingerprint density at radius 2 is 2.15 bits per heavy atom. The monoisotopic (exact) mass is 238 g/mol. The topological polar surface area (TPSA) is 26.3 Å². The van der Waals surface area contributed by atoms with Gasteiger partial charge in [-0.1, -0.05) is 18.1 Å². The van der Waals surface area contributed by atoms with E-state index in [0.29, 0.717) is 4.47 Å². The first-order chi connectivity index (χ1) is 6.25. The van der Waals surface area contributed by atoms with Gasteiger partial charge in [0.05, 0.1) is 4.47 Å². The van der Waals surface area contributed by atoms with Crippen LogP contribution in [0.25, 0.3) is 0 Å². The zero-order chi connectivity index (χ0) is 9.68. The first kappa shape index (κ1) is 9.82. The molecular weight excluding hydrogens is 232 g/mol. The van der Waals surface area contributed by atoms with Gasteiger partial charge in [0.1, 0.15) is 6.61 Å². The van der Waals surface area contributed by atoms with Gasteiger partial charge in [0.25, 0.3) is 0 Å². The number of terminal acetylenes is 1. The van der Waals surface area contributed by atoms with Crippen LogP contribution in [0.15, 0.2) is 33.5 Å². The lowest BCUT2D eigenvalue weighted by Crippen LogP contribution is -2.05. The van der Waals surface area contributed by atoms with Crippen molar-refractivity contribution in [1.82, 2.24) is 0 Å². The standard InChI is InChI=1S/C10H7BrO2/c1-2-7-13-9-6-4-3-5-8(11)10(9)12/h1,3-6H,7H2. The van der Waals surface area contributed by atoms with Gasteiger partial charge >= 0.3 is 0 Å². The Morgan fingerprint density at radius 1 is 1.46 bits per heavy atom. The first-order valence-corrected chi connectivity index (χ1v) is 4.40. The van der Waals surface area contributed by atoms with Crippen LogP contribution in [0.1, 0.15) is 0 Å². The molecule has 1 rings (SSSR count). The fraction of sp³-hybridized carbons (Fsp3) is 0.100. The largest absolute Gasteiger partial charge is 0.477 e. The molecule has 0 heterocycles. The molecule has 13 heavy (non-hydrogen) atoms. The van der Waals surface area contributed by atoms with Crippen molar-refractivity contribution in [2.75, 3.05) is 6.61 Å². The van der Waals surface area contributed by atoms with Gasteiger partial charge in [-0.2, -0.15) is 0 Å². The maximum absolute atomic E-state index is 11.4. The molecule has 0 aliphatic rings. The lowest BCUT2D eigenvalue weighted by molar-refractivity contribution is 0.367. The summed E-state index contributed by atoms with van der Waals surface area (Å²) in [6.45, 7) is 0.103. The summed E-state index contributed by atoms with van der Waals surface area (Å²) in [7, 11) is 0. The Kier molecular flexibility index (Phi) is 3.53. The van der Waals surface area contributed by atoms with Crippen molar-refractivity contribution in [3.8, 4) is 18.1 Å². The molecule has 0 fully saturated rings. The van der Waals surface area contributed by atoms with Crippen molar-refractivity contribution in [3.05, 3.63) is 39.0 Å². The van der Waals surface area contributed by atoms with Gasteiger partial charge in [-0.25, -0.2) is 0 Å². The normalized spacial score (nSPS) is 8.92. The summed E-state index contributed by atoms with van der Waals surface area (Å²) in [6, 6.07) is 6.71. The Labute approximate surface area is 84.7 Å². The molecule has 0 spiro atoms. The third kappa shape index (κ3) is 2.60. The predicted molar refractivity (Wildman–Crippen MR) is 54.7 cm³/mol. The Morgan fingerprint density at radius 3 is 2.85 bits per heavy atom. The van der Waals surface area contributed by atoms with E-state index < -0.39 is 0 Å². The molecule has 3 heteroatoms. The number of ether oxygens (including phenoxy) is 1. The third-order valence-electron chi connectivity index (χ3n) is 1.35. The highest BCUT2D eigenvalue weighted by molar-refractivity contribution is 9.10. The predicted octanol–water partition coefficient (Wildman–Crippen LogP) is 1.82. The van der Waals surface area contributed by atoms with Gasteiger partial charge in [0, 0.05) is 0 Å². The molecule has 0 saturated carbocycles. The maximum Gasteiger partial charge on any atom is 0.234 e. The highest BCUT2D eigenvalue weighted by Crippen LogP contribution is 2.07. The van der Waals surface area contributed by atoms with Crippen molar-refractivity contribution in [2.45, 2.75) is 0 Å². The summed E-state index contributed by atoms with van der Waals surface area (Å²) < 4.78 is 5.51. The fourth-order valence-electron chi connectivity index (χ4n) is 0.785. The molecule has 1 aromatic carbocycles. The summed E-state index contributed by atoms with van der Waals surface area (Å²) in [4.78, 5) is 11.4. The number of hydrogen-bond donors (Lipinski definition) is 0. The molecule has 0 aromatic heterocycles. The molecule has 66 valence electrons. The van der Waals surface area contributed by atoms with Gasteiger partial charge < -0.3 is 4.74 Å². The van der Waals surface area contributed by atoms with E-state index in [-0.39, 0.29) is 17.8 Å². The fourth-order valence-corrected chi connectivity index (χ4v) is 1.13. The molecule has 0 N–H and O–H groups in total. The number of hydrogen-bond acceptors (Lipinski definition) is 2. The summed E-state index contributed by atoms with van der Waals surface area (Å²) in [5, 5.41) is 0. The molecule has 1 aromatic rings. The summed E-state index contributed by atoms with van der Waals surface area (Å²) in [5.41, 5.74) is -0.194. The van der Waals surface area contributed by atoms with Gasteiger partial charge in [-0.3, -0.25) is 4.79 Å². The first-order valence-electron chi connectivity index (χ1n) is 3.61. The summed E-state index contributed by atoms with van der Waals surface area (Å²) in [5.74, 6) is 2.56. The van der Waals surface area contributed by atoms with Crippen LogP contribution in [0.2, 0.25) is 0 Å². The van der Waals surface area contributed by atoms with Crippen molar-refractivity contribution in [1.29, 1.82) is 0 Å². The van der Waals surface area contributed by atoms with E-state index >= 15 is 0 Å².